The van der Waals surface area contributed by atoms with Crippen molar-refractivity contribution in [2.75, 3.05) is 26.7 Å². The van der Waals surface area contributed by atoms with Crippen LogP contribution in [-0.4, -0.2) is 38.4 Å². The summed E-state index contributed by atoms with van der Waals surface area (Å²) in [6, 6.07) is 0. The number of likely N-dealkylation sites (N-methyl/N-ethyl adjacent to an activating group) is 1. The molecule has 1 heterocycles. The summed E-state index contributed by atoms with van der Waals surface area (Å²) in [5, 5.41) is 6.79. The molecule has 0 spiro atoms. The van der Waals surface area contributed by atoms with Crippen molar-refractivity contribution in [3.63, 3.8) is 0 Å². The highest BCUT2D eigenvalue weighted by atomic mass is 16.5. The molecule has 3 heteroatoms. The predicted molar refractivity (Wildman–Crippen MR) is 59.5 cm³/mol. The molecule has 1 aliphatic rings. The summed E-state index contributed by atoms with van der Waals surface area (Å²) in [5.41, 5.74) is 0.183. The van der Waals surface area contributed by atoms with E-state index in [9.17, 15) is 0 Å². The zero-order valence-electron chi connectivity index (χ0n) is 9.89. The fourth-order valence-electron chi connectivity index (χ4n) is 1.70. The van der Waals surface area contributed by atoms with Gasteiger partial charge in [0, 0.05) is 25.2 Å². The summed E-state index contributed by atoms with van der Waals surface area (Å²) in [7, 11) is 2.00. The van der Waals surface area contributed by atoms with Crippen molar-refractivity contribution in [2.24, 2.45) is 5.92 Å². The summed E-state index contributed by atoms with van der Waals surface area (Å²) in [6.07, 6.45) is 1.63. The van der Waals surface area contributed by atoms with Crippen molar-refractivity contribution in [1.29, 1.82) is 0 Å². The minimum Gasteiger partial charge on any atom is -0.378 e. The number of hydrogen-bond acceptors (Lipinski definition) is 3. The van der Waals surface area contributed by atoms with E-state index in [1.807, 2.05) is 7.05 Å². The van der Waals surface area contributed by atoms with Gasteiger partial charge in [-0.2, -0.15) is 0 Å². The summed E-state index contributed by atoms with van der Waals surface area (Å²) in [5.74, 6) is 0.697. The second-order valence-corrected chi connectivity index (χ2v) is 4.89. The highest BCUT2D eigenvalue weighted by Gasteiger charge is 2.24. The first-order valence-corrected chi connectivity index (χ1v) is 5.56. The van der Waals surface area contributed by atoms with Crippen LogP contribution < -0.4 is 10.6 Å². The molecular formula is C11H24N2O. The highest BCUT2D eigenvalue weighted by Crippen LogP contribution is 2.19. The van der Waals surface area contributed by atoms with E-state index < -0.39 is 0 Å². The molecule has 0 bridgehead atoms. The number of ether oxygens (including phenoxy) is 1. The standard InChI is InChI=1S/C11H24N2O/c1-9-10(5-6-14-9)7-13-8-11(2,3)12-4/h9-10,12-13H,5-8H2,1-4H3. The Morgan fingerprint density at radius 1 is 1.43 bits per heavy atom. The van der Waals surface area contributed by atoms with E-state index in [-0.39, 0.29) is 5.54 Å². The molecule has 84 valence electrons. The minimum atomic E-state index is 0.183. The Kier molecular flexibility index (Phi) is 4.35. The molecule has 1 aliphatic heterocycles. The van der Waals surface area contributed by atoms with Crippen LogP contribution in [0.4, 0.5) is 0 Å². The fourth-order valence-corrected chi connectivity index (χ4v) is 1.70. The van der Waals surface area contributed by atoms with E-state index in [4.69, 9.17) is 4.74 Å². The molecule has 0 aromatic heterocycles. The van der Waals surface area contributed by atoms with Gasteiger partial charge in [0.15, 0.2) is 0 Å². The lowest BCUT2D eigenvalue weighted by Crippen LogP contribution is -2.47. The van der Waals surface area contributed by atoms with Crippen LogP contribution in [0.1, 0.15) is 27.2 Å². The Balaban J connectivity index is 2.15. The van der Waals surface area contributed by atoms with Crippen LogP contribution in [0.2, 0.25) is 0 Å². The molecule has 14 heavy (non-hydrogen) atoms. The quantitative estimate of drug-likeness (QED) is 0.694. The molecule has 0 aromatic rings. The molecule has 1 rings (SSSR count). The van der Waals surface area contributed by atoms with Crippen molar-refractivity contribution in [1.82, 2.24) is 10.6 Å². The van der Waals surface area contributed by atoms with Crippen LogP contribution in [0, 0.1) is 5.92 Å². The van der Waals surface area contributed by atoms with Gasteiger partial charge in [0.25, 0.3) is 0 Å². The van der Waals surface area contributed by atoms with E-state index in [2.05, 4.69) is 31.4 Å². The van der Waals surface area contributed by atoms with Gasteiger partial charge in [0.2, 0.25) is 0 Å². The van der Waals surface area contributed by atoms with Crippen LogP contribution in [0.25, 0.3) is 0 Å². The Morgan fingerprint density at radius 3 is 2.64 bits per heavy atom. The molecule has 3 nitrogen and oxygen atoms in total. The van der Waals surface area contributed by atoms with Gasteiger partial charge in [0.05, 0.1) is 6.10 Å². The van der Waals surface area contributed by atoms with Gasteiger partial charge in [-0.3, -0.25) is 0 Å². The second kappa shape index (κ2) is 5.10. The average Bonchev–Trinajstić information content (AvgIpc) is 2.52. The third kappa shape index (κ3) is 3.56. The Labute approximate surface area is 87.6 Å². The van der Waals surface area contributed by atoms with E-state index >= 15 is 0 Å². The molecule has 2 N–H and O–H groups in total. The molecule has 0 saturated carbocycles. The molecule has 0 aromatic carbocycles. The summed E-state index contributed by atoms with van der Waals surface area (Å²) >= 11 is 0. The van der Waals surface area contributed by atoms with Crippen molar-refractivity contribution in [2.45, 2.75) is 38.8 Å². The van der Waals surface area contributed by atoms with Crippen LogP contribution in [-0.2, 0) is 4.74 Å². The Morgan fingerprint density at radius 2 is 2.14 bits per heavy atom. The molecular weight excluding hydrogens is 176 g/mol. The predicted octanol–water partition coefficient (Wildman–Crippen LogP) is 0.999. The first-order chi connectivity index (χ1) is 6.55. The fraction of sp³-hybridized carbons (Fsp3) is 1.00. The van der Waals surface area contributed by atoms with E-state index in [1.165, 1.54) is 6.42 Å². The van der Waals surface area contributed by atoms with Gasteiger partial charge in [-0.15, -0.1) is 0 Å². The summed E-state index contributed by atoms with van der Waals surface area (Å²) < 4.78 is 5.52. The van der Waals surface area contributed by atoms with Crippen LogP contribution in [0.3, 0.4) is 0 Å². The van der Waals surface area contributed by atoms with E-state index in [1.54, 1.807) is 0 Å². The lowest BCUT2D eigenvalue weighted by Gasteiger charge is -2.25. The lowest BCUT2D eigenvalue weighted by molar-refractivity contribution is 0.105. The lowest BCUT2D eigenvalue weighted by atomic mass is 10.0. The monoisotopic (exact) mass is 200 g/mol. The molecule has 1 fully saturated rings. The zero-order chi connectivity index (χ0) is 10.6. The Bertz CT molecular complexity index is 171. The van der Waals surface area contributed by atoms with Gasteiger partial charge in [-0.05, 0) is 40.2 Å². The minimum absolute atomic E-state index is 0.183. The average molecular weight is 200 g/mol. The maximum atomic E-state index is 5.52. The first-order valence-electron chi connectivity index (χ1n) is 5.56. The number of rotatable bonds is 5. The van der Waals surface area contributed by atoms with Crippen molar-refractivity contribution < 1.29 is 4.74 Å². The van der Waals surface area contributed by atoms with E-state index in [0.717, 1.165) is 19.7 Å². The smallest absolute Gasteiger partial charge is 0.0588 e. The molecule has 0 aliphatic carbocycles. The summed E-state index contributed by atoms with van der Waals surface area (Å²) in [6.45, 7) is 9.59. The topological polar surface area (TPSA) is 33.3 Å². The molecule has 1 saturated heterocycles. The van der Waals surface area contributed by atoms with E-state index in [0.29, 0.717) is 12.0 Å². The van der Waals surface area contributed by atoms with Gasteiger partial charge in [-0.25, -0.2) is 0 Å². The van der Waals surface area contributed by atoms with Gasteiger partial charge < -0.3 is 15.4 Å². The van der Waals surface area contributed by atoms with Crippen molar-refractivity contribution >= 4 is 0 Å². The zero-order valence-corrected chi connectivity index (χ0v) is 9.89. The molecule has 2 atom stereocenters. The van der Waals surface area contributed by atoms with Crippen LogP contribution in [0.15, 0.2) is 0 Å². The second-order valence-electron chi connectivity index (χ2n) is 4.89. The molecule has 0 amide bonds. The number of nitrogens with one attached hydrogen (secondary N) is 2. The SMILES string of the molecule is CNC(C)(C)CNCC1CCOC1C. The van der Waals surface area contributed by atoms with Crippen LogP contribution in [0.5, 0.6) is 0 Å². The van der Waals surface area contributed by atoms with Crippen molar-refractivity contribution in [3.8, 4) is 0 Å². The number of hydrogen-bond donors (Lipinski definition) is 2. The third-order valence-corrected chi connectivity index (χ3v) is 3.18. The van der Waals surface area contributed by atoms with Gasteiger partial charge in [0.1, 0.15) is 0 Å². The first kappa shape index (κ1) is 12.0. The van der Waals surface area contributed by atoms with Gasteiger partial charge in [-0.1, -0.05) is 0 Å². The van der Waals surface area contributed by atoms with Crippen molar-refractivity contribution in [3.05, 3.63) is 0 Å². The van der Waals surface area contributed by atoms with Crippen LogP contribution >= 0.6 is 0 Å². The highest BCUT2D eigenvalue weighted by molar-refractivity contribution is 4.80. The Hall–Kier alpha value is -0.120. The normalized spacial score (nSPS) is 28.3. The molecule has 0 radical (unpaired) electrons. The maximum Gasteiger partial charge on any atom is 0.0588 e. The summed E-state index contributed by atoms with van der Waals surface area (Å²) in [4.78, 5) is 0. The third-order valence-electron chi connectivity index (χ3n) is 3.18. The van der Waals surface area contributed by atoms with Gasteiger partial charge >= 0.3 is 0 Å². The maximum absolute atomic E-state index is 5.52. The largest absolute Gasteiger partial charge is 0.378 e. The molecule has 2 unspecified atom stereocenters.